The van der Waals surface area contributed by atoms with Crippen molar-refractivity contribution in [2.75, 3.05) is 6.54 Å². The highest BCUT2D eigenvalue weighted by molar-refractivity contribution is 5.83. The lowest BCUT2D eigenvalue weighted by molar-refractivity contribution is -0.122. The maximum absolute atomic E-state index is 11.8. The standard InChI is InChI=1S/C24H43NO/c1-2-3-4-5-6-7-8-9-10-11-12-13-14-15-16-19-22-25-24(26)23-20-17-18-21-23/h17-18,20-21,23H,2-16,19,22H2,1H3,(H,25,26). The molecule has 0 radical (unpaired) electrons. The zero-order valence-corrected chi connectivity index (χ0v) is 17.3. The second kappa shape index (κ2) is 17.4. The van der Waals surface area contributed by atoms with E-state index in [4.69, 9.17) is 0 Å². The Bertz CT molecular complexity index is 374. The zero-order valence-electron chi connectivity index (χ0n) is 17.3. The minimum absolute atomic E-state index is 0.0314. The van der Waals surface area contributed by atoms with E-state index in [0.717, 1.165) is 13.0 Å². The smallest absolute Gasteiger partial charge is 0.230 e. The fourth-order valence-corrected chi connectivity index (χ4v) is 3.61. The fraction of sp³-hybridized carbons (Fsp3) is 0.792. The lowest BCUT2D eigenvalue weighted by Crippen LogP contribution is -2.29. The van der Waals surface area contributed by atoms with Gasteiger partial charge in [-0.15, -0.1) is 0 Å². The molecular formula is C24H43NO. The Kier molecular flexibility index (Phi) is 15.4. The summed E-state index contributed by atoms with van der Waals surface area (Å²) in [4.78, 5) is 11.8. The predicted molar refractivity (Wildman–Crippen MR) is 114 cm³/mol. The molecule has 2 nitrogen and oxygen atoms in total. The minimum atomic E-state index is -0.0314. The molecule has 1 aliphatic carbocycles. The van der Waals surface area contributed by atoms with Crippen LogP contribution in [0, 0.1) is 5.92 Å². The average Bonchev–Trinajstić information content (AvgIpc) is 3.19. The van der Waals surface area contributed by atoms with Crippen molar-refractivity contribution in [3.63, 3.8) is 0 Å². The van der Waals surface area contributed by atoms with Crippen molar-refractivity contribution in [2.24, 2.45) is 5.92 Å². The number of hydrogen-bond donors (Lipinski definition) is 1. The van der Waals surface area contributed by atoms with Gasteiger partial charge in [0.05, 0.1) is 5.92 Å². The second-order valence-corrected chi connectivity index (χ2v) is 7.89. The van der Waals surface area contributed by atoms with Gasteiger partial charge < -0.3 is 5.32 Å². The third kappa shape index (κ3) is 13.2. The first kappa shape index (κ1) is 23.0. The SMILES string of the molecule is CCCCCCCCCCCCCCCCCCNC(=O)C1C=CC=C1. The van der Waals surface area contributed by atoms with Crippen LogP contribution in [0.15, 0.2) is 24.3 Å². The molecule has 150 valence electrons. The van der Waals surface area contributed by atoms with Crippen LogP contribution in [0.2, 0.25) is 0 Å². The Morgan fingerprint density at radius 2 is 1.04 bits per heavy atom. The van der Waals surface area contributed by atoms with Gasteiger partial charge >= 0.3 is 0 Å². The molecule has 1 rings (SSSR count). The second-order valence-electron chi connectivity index (χ2n) is 7.89. The van der Waals surface area contributed by atoms with Crippen LogP contribution in [-0.4, -0.2) is 12.5 Å². The largest absolute Gasteiger partial charge is 0.355 e. The monoisotopic (exact) mass is 361 g/mol. The summed E-state index contributed by atoms with van der Waals surface area (Å²) in [6.45, 7) is 3.11. The summed E-state index contributed by atoms with van der Waals surface area (Å²) in [7, 11) is 0. The van der Waals surface area contributed by atoms with E-state index in [1.807, 2.05) is 24.3 Å². The van der Waals surface area contributed by atoms with Gasteiger partial charge in [0, 0.05) is 6.54 Å². The lowest BCUT2D eigenvalue weighted by Gasteiger charge is -2.07. The van der Waals surface area contributed by atoms with E-state index < -0.39 is 0 Å². The van der Waals surface area contributed by atoms with E-state index in [-0.39, 0.29) is 11.8 Å². The van der Waals surface area contributed by atoms with Gasteiger partial charge in [0.25, 0.3) is 0 Å². The number of hydrogen-bond acceptors (Lipinski definition) is 1. The van der Waals surface area contributed by atoms with Crippen LogP contribution in [0.4, 0.5) is 0 Å². The number of rotatable bonds is 18. The van der Waals surface area contributed by atoms with E-state index in [2.05, 4.69) is 12.2 Å². The molecule has 0 aromatic heterocycles. The summed E-state index contributed by atoms with van der Waals surface area (Å²) in [6.07, 6.45) is 29.9. The van der Waals surface area contributed by atoms with Crippen molar-refractivity contribution in [2.45, 2.75) is 110 Å². The highest BCUT2D eigenvalue weighted by Gasteiger charge is 2.12. The Hall–Kier alpha value is -1.05. The third-order valence-corrected chi connectivity index (χ3v) is 5.38. The van der Waals surface area contributed by atoms with Gasteiger partial charge in [-0.25, -0.2) is 0 Å². The Labute approximate surface area is 162 Å². The topological polar surface area (TPSA) is 29.1 Å². The third-order valence-electron chi connectivity index (χ3n) is 5.38. The molecule has 1 N–H and O–H groups in total. The van der Waals surface area contributed by atoms with Crippen LogP contribution in [0.1, 0.15) is 110 Å². The molecule has 0 bridgehead atoms. The van der Waals surface area contributed by atoms with Crippen molar-refractivity contribution in [1.29, 1.82) is 0 Å². The van der Waals surface area contributed by atoms with Crippen molar-refractivity contribution in [3.8, 4) is 0 Å². The molecule has 2 heteroatoms. The van der Waals surface area contributed by atoms with Gasteiger partial charge in [0.2, 0.25) is 5.91 Å². The van der Waals surface area contributed by atoms with E-state index in [9.17, 15) is 4.79 Å². The summed E-state index contributed by atoms with van der Waals surface area (Å²) >= 11 is 0. The first-order chi connectivity index (χ1) is 12.8. The fourth-order valence-electron chi connectivity index (χ4n) is 3.61. The van der Waals surface area contributed by atoms with Crippen molar-refractivity contribution < 1.29 is 4.79 Å². The van der Waals surface area contributed by atoms with E-state index in [1.54, 1.807) is 0 Å². The van der Waals surface area contributed by atoms with Gasteiger partial charge in [-0.1, -0.05) is 128 Å². The van der Waals surface area contributed by atoms with Crippen molar-refractivity contribution in [3.05, 3.63) is 24.3 Å². The van der Waals surface area contributed by atoms with Crippen LogP contribution >= 0.6 is 0 Å². The molecule has 0 saturated heterocycles. The maximum Gasteiger partial charge on any atom is 0.230 e. The predicted octanol–water partition coefficient (Wildman–Crippen LogP) is 7.11. The van der Waals surface area contributed by atoms with Crippen LogP contribution in [0.5, 0.6) is 0 Å². The highest BCUT2D eigenvalue weighted by atomic mass is 16.1. The van der Waals surface area contributed by atoms with Crippen LogP contribution in [0.3, 0.4) is 0 Å². The molecule has 1 amide bonds. The van der Waals surface area contributed by atoms with E-state index >= 15 is 0 Å². The Morgan fingerprint density at radius 3 is 1.46 bits per heavy atom. The van der Waals surface area contributed by atoms with Gasteiger partial charge in [-0.3, -0.25) is 4.79 Å². The highest BCUT2D eigenvalue weighted by Crippen LogP contribution is 2.13. The minimum Gasteiger partial charge on any atom is -0.355 e. The van der Waals surface area contributed by atoms with E-state index in [0.29, 0.717) is 0 Å². The molecule has 0 atom stereocenters. The first-order valence-electron chi connectivity index (χ1n) is 11.5. The van der Waals surface area contributed by atoms with Crippen molar-refractivity contribution >= 4 is 5.91 Å². The summed E-state index contributed by atoms with van der Waals surface area (Å²) < 4.78 is 0. The van der Waals surface area contributed by atoms with Gasteiger partial charge in [-0.05, 0) is 6.42 Å². The van der Waals surface area contributed by atoms with Gasteiger partial charge in [0.1, 0.15) is 0 Å². The number of amides is 1. The number of carbonyl (C=O) groups excluding carboxylic acids is 1. The summed E-state index contributed by atoms with van der Waals surface area (Å²) in [6, 6.07) is 0. The quantitative estimate of drug-likeness (QED) is 0.259. The number of allylic oxidation sites excluding steroid dienone is 2. The number of carbonyl (C=O) groups is 1. The molecule has 0 aromatic rings. The van der Waals surface area contributed by atoms with Gasteiger partial charge in [-0.2, -0.15) is 0 Å². The Morgan fingerprint density at radius 1 is 0.654 bits per heavy atom. The molecular weight excluding hydrogens is 318 g/mol. The maximum atomic E-state index is 11.8. The van der Waals surface area contributed by atoms with Gasteiger partial charge in [0.15, 0.2) is 0 Å². The normalized spacial score (nSPS) is 13.6. The Balaban J connectivity index is 1.70. The first-order valence-corrected chi connectivity index (χ1v) is 11.5. The summed E-state index contributed by atoms with van der Waals surface area (Å²) in [5.41, 5.74) is 0. The zero-order chi connectivity index (χ0) is 18.7. The number of unbranched alkanes of at least 4 members (excludes halogenated alkanes) is 15. The van der Waals surface area contributed by atoms with Crippen LogP contribution in [0.25, 0.3) is 0 Å². The summed E-state index contributed by atoms with van der Waals surface area (Å²) in [5, 5.41) is 3.03. The lowest BCUT2D eigenvalue weighted by atomic mass is 10.0. The average molecular weight is 362 g/mol. The molecule has 26 heavy (non-hydrogen) atoms. The summed E-state index contributed by atoms with van der Waals surface area (Å²) in [5.74, 6) is 0.118. The van der Waals surface area contributed by atoms with Crippen molar-refractivity contribution in [1.82, 2.24) is 5.32 Å². The molecule has 1 aliphatic rings. The molecule has 0 spiro atoms. The number of nitrogens with one attached hydrogen (secondary N) is 1. The van der Waals surface area contributed by atoms with E-state index in [1.165, 1.54) is 96.3 Å². The molecule has 0 aromatic carbocycles. The molecule has 0 aliphatic heterocycles. The van der Waals surface area contributed by atoms with Crippen LogP contribution in [-0.2, 0) is 4.79 Å². The molecule has 0 unspecified atom stereocenters. The molecule has 0 heterocycles. The van der Waals surface area contributed by atoms with Crippen LogP contribution < -0.4 is 5.32 Å². The molecule has 0 fully saturated rings. The molecule has 0 saturated carbocycles.